The molecule has 10 heteroatoms. The van der Waals surface area contributed by atoms with Crippen molar-refractivity contribution in [1.82, 2.24) is 5.32 Å². The van der Waals surface area contributed by atoms with Gasteiger partial charge >= 0.3 is 6.18 Å². The minimum atomic E-state index is -4.51. The van der Waals surface area contributed by atoms with Gasteiger partial charge in [-0.1, -0.05) is 12.1 Å². The third-order valence-electron chi connectivity index (χ3n) is 4.35. The van der Waals surface area contributed by atoms with Gasteiger partial charge < -0.3 is 14.8 Å². The smallest absolute Gasteiger partial charge is 0.416 e. The van der Waals surface area contributed by atoms with Gasteiger partial charge in [-0.2, -0.15) is 13.2 Å². The minimum absolute atomic E-state index is 0.0341. The Morgan fingerprint density at radius 1 is 1.13 bits per heavy atom. The maximum absolute atomic E-state index is 14.2. The lowest BCUT2D eigenvalue weighted by Gasteiger charge is -2.18. The summed E-state index contributed by atoms with van der Waals surface area (Å²) in [5.74, 6) is -1.77. The van der Waals surface area contributed by atoms with Crippen LogP contribution in [0.5, 0.6) is 5.75 Å². The summed E-state index contributed by atoms with van der Waals surface area (Å²) in [6, 6.07) is 7.19. The number of nitrogens with one attached hydrogen (secondary N) is 2. The average Bonchev–Trinajstić information content (AvgIpc) is 2.66. The second kappa shape index (κ2) is 10.1. The van der Waals surface area contributed by atoms with Crippen LogP contribution in [0.4, 0.5) is 23.2 Å². The maximum atomic E-state index is 14.2. The summed E-state index contributed by atoms with van der Waals surface area (Å²) in [6.07, 6.45) is -3.51. The Balaban J connectivity index is 2.14. The van der Waals surface area contributed by atoms with Gasteiger partial charge in [-0.15, -0.1) is 0 Å². The van der Waals surface area contributed by atoms with E-state index in [1.54, 1.807) is 20.8 Å². The molecule has 0 saturated heterocycles. The standard InChI is InChI=1S/C21H24F4N2O3S/c1-12(2)30-19-10-16(21(23,24)25)7-5-15(19)11-26-20(28)13(3)14-6-8-18(17(22)9-14)27-31(4)29/h5-10,12-13,27H,11H2,1-4H3,(H,26,28). The second-order valence-corrected chi connectivity index (χ2v) is 8.33. The molecule has 0 bridgehead atoms. The zero-order valence-electron chi connectivity index (χ0n) is 17.5. The summed E-state index contributed by atoms with van der Waals surface area (Å²) >= 11 is 0. The molecule has 1 amide bonds. The fourth-order valence-corrected chi connectivity index (χ4v) is 3.24. The molecule has 0 saturated carbocycles. The summed E-state index contributed by atoms with van der Waals surface area (Å²) < 4.78 is 72.3. The van der Waals surface area contributed by atoms with Gasteiger partial charge in [-0.25, -0.2) is 8.60 Å². The number of anilines is 1. The molecule has 0 spiro atoms. The molecule has 2 atom stereocenters. The number of ether oxygens (including phenoxy) is 1. The van der Waals surface area contributed by atoms with Gasteiger partial charge in [0.05, 0.1) is 23.3 Å². The highest BCUT2D eigenvalue weighted by Crippen LogP contribution is 2.33. The molecular weight excluding hydrogens is 436 g/mol. The molecule has 0 aliphatic rings. The predicted molar refractivity (Wildman–Crippen MR) is 112 cm³/mol. The van der Waals surface area contributed by atoms with E-state index in [1.807, 2.05) is 0 Å². The van der Waals surface area contributed by atoms with Crippen LogP contribution in [-0.4, -0.2) is 22.5 Å². The van der Waals surface area contributed by atoms with Gasteiger partial charge in [0.2, 0.25) is 5.91 Å². The molecule has 2 N–H and O–H groups in total. The fraction of sp³-hybridized carbons (Fsp3) is 0.381. The number of benzene rings is 2. The number of carbonyl (C=O) groups excluding carboxylic acids is 1. The van der Waals surface area contributed by atoms with Crippen molar-refractivity contribution in [2.75, 3.05) is 11.0 Å². The highest BCUT2D eigenvalue weighted by atomic mass is 32.2. The molecule has 0 radical (unpaired) electrons. The largest absolute Gasteiger partial charge is 0.491 e. The van der Waals surface area contributed by atoms with Crippen molar-refractivity contribution in [3.63, 3.8) is 0 Å². The van der Waals surface area contributed by atoms with Crippen molar-refractivity contribution in [1.29, 1.82) is 0 Å². The molecular formula is C21H24F4N2O3S. The Bertz CT molecular complexity index is 964. The van der Waals surface area contributed by atoms with E-state index in [2.05, 4.69) is 10.0 Å². The highest BCUT2D eigenvalue weighted by Gasteiger charge is 2.31. The number of alkyl halides is 3. The molecule has 2 aromatic rings. The first kappa shape index (κ1) is 24.6. The molecule has 2 rings (SSSR count). The second-order valence-electron chi connectivity index (χ2n) is 7.22. The molecule has 2 aromatic carbocycles. The maximum Gasteiger partial charge on any atom is 0.416 e. The number of amides is 1. The van der Waals surface area contributed by atoms with E-state index in [9.17, 15) is 26.6 Å². The lowest BCUT2D eigenvalue weighted by Crippen LogP contribution is -2.28. The van der Waals surface area contributed by atoms with Gasteiger partial charge in [0.1, 0.15) is 22.6 Å². The van der Waals surface area contributed by atoms with Crippen molar-refractivity contribution in [2.24, 2.45) is 0 Å². The van der Waals surface area contributed by atoms with E-state index in [4.69, 9.17) is 4.74 Å². The summed E-state index contributed by atoms with van der Waals surface area (Å²) in [7, 11) is -1.44. The Kier molecular flexibility index (Phi) is 8.05. The molecule has 0 aliphatic heterocycles. The number of rotatable bonds is 8. The quantitative estimate of drug-likeness (QED) is 0.559. The Labute approximate surface area is 180 Å². The molecule has 0 aliphatic carbocycles. The van der Waals surface area contributed by atoms with Gasteiger partial charge in [-0.05, 0) is 50.6 Å². The van der Waals surface area contributed by atoms with Gasteiger partial charge in [0, 0.05) is 18.4 Å². The first-order chi connectivity index (χ1) is 14.4. The van der Waals surface area contributed by atoms with Crippen LogP contribution in [0.3, 0.4) is 0 Å². The van der Waals surface area contributed by atoms with E-state index < -0.39 is 40.4 Å². The summed E-state index contributed by atoms with van der Waals surface area (Å²) in [4.78, 5) is 12.5. The minimum Gasteiger partial charge on any atom is -0.491 e. The summed E-state index contributed by atoms with van der Waals surface area (Å²) in [5, 5.41) is 2.65. The highest BCUT2D eigenvalue weighted by molar-refractivity contribution is 7.85. The van der Waals surface area contributed by atoms with Crippen LogP contribution in [0.2, 0.25) is 0 Å². The molecule has 5 nitrogen and oxygen atoms in total. The lowest BCUT2D eigenvalue weighted by molar-refractivity contribution is -0.137. The van der Waals surface area contributed by atoms with Gasteiger partial charge in [0.25, 0.3) is 0 Å². The zero-order valence-corrected chi connectivity index (χ0v) is 18.3. The first-order valence-electron chi connectivity index (χ1n) is 9.42. The normalized spacial score (nSPS) is 13.6. The van der Waals surface area contributed by atoms with Crippen LogP contribution < -0.4 is 14.8 Å². The predicted octanol–water partition coefficient (Wildman–Crippen LogP) is 4.76. The summed E-state index contributed by atoms with van der Waals surface area (Å²) in [5.41, 5.74) is -0.00638. The van der Waals surface area contributed by atoms with E-state index in [1.165, 1.54) is 30.5 Å². The molecule has 0 aromatic heterocycles. The molecule has 2 unspecified atom stereocenters. The Hall–Kier alpha value is -2.62. The third kappa shape index (κ3) is 6.95. The van der Waals surface area contributed by atoms with E-state index in [0.717, 1.165) is 12.1 Å². The van der Waals surface area contributed by atoms with Crippen LogP contribution in [-0.2, 0) is 28.5 Å². The van der Waals surface area contributed by atoms with Crippen LogP contribution >= 0.6 is 0 Å². The Morgan fingerprint density at radius 3 is 2.35 bits per heavy atom. The number of hydrogen-bond donors (Lipinski definition) is 2. The van der Waals surface area contributed by atoms with Crippen LogP contribution in [0.15, 0.2) is 36.4 Å². The number of halogens is 4. The van der Waals surface area contributed by atoms with Gasteiger partial charge in [-0.3, -0.25) is 4.79 Å². The first-order valence-corrected chi connectivity index (χ1v) is 11.0. The fourth-order valence-electron chi connectivity index (χ4n) is 2.77. The topological polar surface area (TPSA) is 67.4 Å². The monoisotopic (exact) mass is 460 g/mol. The third-order valence-corrected chi connectivity index (χ3v) is 4.86. The van der Waals surface area contributed by atoms with Crippen molar-refractivity contribution in [3.05, 3.63) is 58.9 Å². The average molecular weight is 460 g/mol. The van der Waals surface area contributed by atoms with Crippen LogP contribution in [0, 0.1) is 5.82 Å². The molecule has 170 valence electrons. The Morgan fingerprint density at radius 2 is 1.81 bits per heavy atom. The molecule has 0 fully saturated rings. The van der Waals surface area contributed by atoms with E-state index in [0.29, 0.717) is 11.1 Å². The summed E-state index contributed by atoms with van der Waals surface area (Å²) in [6.45, 7) is 4.89. The van der Waals surface area contributed by atoms with Crippen molar-refractivity contribution >= 4 is 22.6 Å². The number of hydrogen-bond acceptors (Lipinski definition) is 3. The molecule has 0 heterocycles. The van der Waals surface area contributed by atoms with E-state index >= 15 is 0 Å². The van der Waals surface area contributed by atoms with Crippen molar-refractivity contribution in [3.8, 4) is 5.75 Å². The van der Waals surface area contributed by atoms with Crippen LogP contribution in [0.1, 0.15) is 43.4 Å². The SMILES string of the molecule is CC(C)Oc1cc(C(F)(F)F)ccc1CNC(=O)C(C)c1ccc(NS(C)=O)c(F)c1. The van der Waals surface area contributed by atoms with Crippen LogP contribution in [0.25, 0.3) is 0 Å². The zero-order chi connectivity index (χ0) is 23.3. The van der Waals surface area contributed by atoms with Crippen molar-refractivity contribution in [2.45, 2.75) is 45.5 Å². The van der Waals surface area contributed by atoms with E-state index in [-0.39, 0.29) is 24.1 Å². The number of carbonyl (C=O) groups is 1. The van der Waals surface area contributed by atoms with Gasteiger partial charge in [0.15, 0.2) is 0 Å². The lowest BCUT2D eigenvalue weighted by atomic mass is 9.99. The molecule has 31 heavy (non-hydrogen) atoms. The van der Waals surface area contributed by atoms with Crippen molar-refractivity contribution < 1.29 is 31.3 Å².